The van der Waals surface area contributed by atoms with E-state index in [-0.39, 0.29) is 51.0 Å². The molecule has 0 saturated carbocycles. The Morgan fingerprint density at radius 3 is 1.82 bits per heavy atom. The molecule has 0 aliphatic rings. The Hall–Kier alpha value is 1.24. The minimum Gasteiger partial charge on any atom is -1.00 e. The van der Waals surface area contributed by atoms with Crippen molar-refractivity contribution in [2.75, 3.05) is 0 Å². The van der Waals surface area contributed by atoms with Crippen molar-refractivity contribution in [3.8, 4) is 0 Å². The molecule has 61 valence electrons. The second-order valence-electron chi connectivity index (χ2n) is 2.17. The molecule has 0 unspecified atom stereocenters. The Morgan fingerprint density at radius 1 is 1.27 bits per heavy atom. The Labute approximate surface area is 102 Å². The summed E-state index contributed by atoms with van der Waals surface area (Å²) in [5, 5.41) is 2.97. The summed E-state index contributed by atoms with van der Waals surface area (Å²) in [6.45, 7) is 6.52. The smallest absolute Gasteiger partial charge is 1.00 e. The Morgan fingerprint density at radius 2 is 1.73 bits per heavy atom. The van der Waals surface area contributed by atoms with Gasteiger partial charge < -0.3 is 24.8 Å². The van der Waals surface area contributed by atoms with E-state index in [4.69, 9.17) is 0 Å². The minimum absolute atomic E-state index is 0. The molecule has 0 amide bonds. The molecule has 11 heavy (non-hydrogen) atoms. The summed E-state index contributed by atoms with van der Waals surface area (Å²) in [5.41, 5.74) is 1.45. The molecule has 0 aromatic carbocycles. The zero-order valence-electron chi connectivity index (χ0n) is 6.78. The number of rotatable bonds is 0. The molecule has 0 atom stereocenters. The first-order valence-corrected chi connectivity index (χ1v) is 3.67. The molecule has 0 aliphatic carbocycles. The molecule has 1 heterocycles. The van der Waals surface area contributed by atoms with Gasteiger partial charge in [-0.3, -0.25) is 0 Å². The van der Waals surface area contributed by atoms with Crippen LogP contribution < -0.4 is 24.8 Å². The van der Waals surface area contributed by atoms with Crippen LogP contribution in [0, 0.1) is 20.8 Å². The van der Waals surface area contributed by atoms with E-state index in [0.29, 0.717) is 0 Å². The molecular formula is C7H10Cl2PZr. The molecule has 1 radical (unpaired) electrons. The molecule has 0 spiro atoms. The molecule has 1 aromatic rings. The third-order valence-electron chi connectivity index (χ3n) is 1.34. The van der Waals surface area contributed by atoms with Crippen molar-refractivity contribution >= 4 is 8.19 Å². The van der Waals surface area contributed by atoms with Crippen molar-refractivity contribution in [2.24, 2.45) is 0 Å². The SMILES string of the molecule is Cc1cc(C)[c-](C)p1.[Cl-].[Cl-].[Zr+3]. The van der Waals surface area contributed by atoms with Crippen molar-refractivity contribution in [3.63, 3.8) is 0 Å². The summed E-state index contributed by atoms with van der Waals surface area (Å²) < 4.78 is 0. The number of halogens is 2. The average Bonchev–Trinajstić information content (AvgIpc) is 1.85. The fraction of sp³-hybridized carbons (Fsp3) is 0.429. The van der Waals surface area contributed by atoms with Crippen LogP contribution in [-0.4, -0.2) is 0 Å². The van der Waals surface area contributed by atoms with Crippen LogP contribution in [0.3, 0.4) is 0 Å². The number of hydrogen-bond acceptors (Lipinski definition) is 0. The van der Waals surface area contributed by atoms with Crippen molar-refractivity contribution in [3.05, 3.63) is 22.2 Å². The van der Waals surface area contributed by atoms with Gasteiger partial charge in [-0.1, -0.05) is 20.8 Å². The predicted octanol–water partition coefficient (Wildman–Crippen LogP) is -3.08. The topological polar surface area (TPSA) is 0 Å². The van der Waals surface area contributed by atoms with E-state index in [1.807, 2.05) is 0 Å². The van der Waals surface area contributed by atoms with Gasteiger partial charge >= 0.3 is 26.2 Å². The van der Waals surface area contributed by atoms with Gasteiger partial charge in [-0.15, -0.1) is 5.30 Å². The van der Waals surface area contributed by atoms with Gasteiger partial charge in [0.2, 0.25) is 0 Å². The zero-order valence-corrected chi connectivity index (χ0v) is 11.6. The summed E-state index contributed by atoms with van der Waals surface area (Å²) in [6, 6.07) is 2.25. The van der Waals surface area contributed by atoms with Crippen LogP contribution in [0.1, 0.15) is 16.2 Å². The molecule has 1 rings (SSSR count). The Kier molecular flexibility index (Phi) is 13.0. The van der Waals surface area contributed by atoms with Crippen molar-refractivity contribution in [2.45, 2.75) is 20.8 Å². The van der Waals surface area contributed by atoms with Gasteiger partial charge in [-0.2, -0.15) is 10.9 Å². The van der Waals surface area contributed by atoms with Gasteiger partial charge in [-0.25, -0.2) is 14.3 Å². The maximum Gasteiger partial charge on any atom is 3.00 e. The molecule has 0 saturated heterocycles. The van der Waals surface area contributed by atoms with Crippen LogP contribution >= 0.6 is 8.19 Å². The molecule has 0 nitrogen and oxygen atoms in total. The summed E-state index contributed by atoms with van der Waals surface area (Å²) in [6.07, 6.45) is 0. The van der Waals surface area contributed by atoms with Gasteiger partial charge in [0.05, 0.1) is 0 Å². The maximum absolute atomic E-state index is 2.25. The second kappa shape index (κ2) is 7.87. The molecule has 0 N–H and O–H groups in total. The molecule has 0 fully saturated rings. The van der Waals surface area contributed by atoms with Crippen LogP contribution in [0.4, 0.5) is 0 Å². The van der Waals surface area contributed by atoms with E-state index in [1.54, 1.807) is 0 Å². The Bertz CT molecular complexity index is 179. The van der Waals surface area contributed by atoms with E-state index in [2.05, 4.69) is 26.8 Å². The first-order chi connectivity index (χ1) is 3.70. The fourth-order valence-electron chi connectivity index (χ4n) is 0.803. The van der Waals surface area contributed by atoms with Crippen LogP contribution in [0.25, 0.3) is 0 Å². The van der Waals surface area contributed by atoms with Crippen LogP contribution in [0.5, 0.6) is 0 Å². The largest absolute Gasteiger partial charge is 3.00 e. The molecule has 0 bridgehead atoms. The van der Waals surface area contributed by atoms with Gasteiger partial charge in [0.25, 0.3) is 0 Å². The minimum atomic E-state index is 0. The maximum atomic E-state index is 2.25. The fourth-order valence-corrected chi connectivity index (χ4v) is 1.83. The summed E-state index contributed by atoms with van der Waals surface area (Å²) in [4.78, 5) is 0. The number of aryl methyl sites for hydroxylation is 3. The third kappa shape index (κ3) is 5.48. The van der Waals surface area contributed by atoms with Crippen molar-refractivity contribution in [1.29, 1.82) is 0 Å². The zero-order chi connectivity index (χ0) is 6.15. The van der Waals surface area contributed by atoms with E-state index in [9.17, 15) is 0 Å². The Balaban J connectivity index is -0.000000213. The quantitative estimate of drug-likeness (QED) is 0.444. The van der Waals surface area contributed by atoms with Crippen LogP contribution in [-0.2, 0) is 26.2 Å². The predicted molar refractivity (Wildman–Crippen MR) is 38.8 cm³/mol. The van der Waals surface area contributed by atoms with Gasteiger partial charge in [0.15, 0.2) is 0 Å². The second-order valence-corrected chi connectivity index (χ2v) is 3.77. The summed E-state index contributed by atoms with van der Waals surface area (Å²) >= 11 is 0. The average molecular weight is 287 g/mol. The van der Waals surface area contributed by atoms with Crippen LogP contribution in [0.15, 0.2) is 6.07 Å². The monoisotopic (exact) mass is 285 g/mol. The van der Waals surface area contributed by atoms with E-state index < -0.39 is 0 Å². The molecular weight excluding hydrogens is 277 g/mol. The normalized spacial score (nSPS) is 7.91. The first-order valence-electron chi connectivity index (χ1n) is 2.77. The van der Waals surface area contributed by atoms with E-state index in [0.717, 1.165) is 0 Å². The third-order valence-corrected chi connectivity index (χ3v) is 2.51. The standard InChI is InChI=1S/C7H10P.2ClH.Zr/c1-5-4-6(2)8-7(5)3;;;/h4H,1-3H3;2*1H;/q-1;;;+3/p-2. The molecule has 1 aromatic heterocycles. The van der Waals surface area contributed by atoms with Gasteiger partial charge in [-0.05, 0) is 0 Å². The van der Waals surface area contributed by atoms with Crippen molar-refractivity contribution in [1.82, 2.24) is 0 Å². The molecule has 4 heteroatoms. The summed E-state index contributed by atoms with van der Waals surface area (Å²) in [5.74, 6) is 0. The van der Waals surface area contributed by atoms with Gasteiger partial charge in [0.1, 0.15) is 0 Å². The first kappa shape index (κ1) is 18.1. The van der Waals surface area contributed by atoms with Crippen LogP contribution in [0.2, 0.25) is 0 Å². The van der Waals surface area contributed by atoms with E-state index in [1.165, 1.54) is 24.3 Å². The number of hydrogen-bond donors (Lipinski definition) is 0. The molecule has 0 aliphatic heterocycles. The van der Waals surface area contributed by atoms with Gasteiger partial charge in [0, 0.05) is 0 Å². The van der Waals surface area contributed by atoms with E-state index >= 15 is 0 Å². The summed E-state index contributed by atoms with van der Waals surface area (Å²) in [7, 11) is 1.42. The van der Waals surface area contributed by atoms with Crippen molar-refractivity contribution < 1.29 is 51.0 Å².